The van der Waals surface area contributed by atoms with E-state index in [1.54, 1.807) is 24.3 Å². The van der Waals surface area contributed by atoms with Crippen molar-refractivity contribution < 1.29 is 4.79 Å². The van der Waals surface area contributed by atoms with Crippen LogP contribution in [-0.4, -0.2) is 20.4 Å². The van der Waals surface area contributed by atoms with Crippen LogP contribution in [0.4, 0.5) is 5.69 Å². The molecule has 2 heterocycles. The number of aryl methyl sites for hydroxylation is 1. The quantitative estimate of drug-likeness (QED) is 0.801. The number of carbonyl (C=O) groups is 1. The van der Waals surface area contributed by atoms with Gasteiger partial charge in [-0.1, -0.05) is 11.6 Å². The Bertz CT molecular complexity index is 952. The van der Waals surface area contributed by atoms with E-state index in [4.69, 9.17) is 11.6 Å². The van der Waals surface area contributed by atoms with Crippen LogP contribution in [0.3, 0.4) is 0 Å². The number of nitrogens with one attached hydrogen (secondary N) is 1. The number of fused-ring (bicyclic) bond motifs is 1. The Kier molecular flexibility index (Phi) is 4.08. The summed E-state index contributed by atoms with van der Waals surface area (Å²) in [6, 6.07) is 6.76. The lowest BCUT2D eigenvalue weighted by molar-refractivity contribution is -0.116. The Balaban J connectivity index is 1.83. The van der Waals surface area contributed by atoms with Gasteiger partial charge in [0.05, 0.1) is 23.4 Å². The molecule has 7 heteroatoms. The second kappa shape index (κ2) is 6.18. The fourth-order valence-corrected chi connectivity index (χ4v) is 2.46. The maximum Gasteiger partial charge on any atom is 0.261 e. The number of pyridine rings is 1. The van der Waals surface area contributed by atoms with Gasteiger partial charge < -0.3 is 5.32 Å². The van der Waals surface area contributed by atoms with Crippen molar-refractivity contribution in [1.82, 2.24) is 14.5 Å². The average molecular weight is 329 g/mol. The van der Waals surface area contributed by atoms with Gasteiger partial charge in [-0.05, 0) is 36.8 Å². The van der Waals surface area contributed by atoms with Crippen molar-refractivity contribution >= 4 is 34.1 Å². The Labute approximate surface area is 136 Å². The minimum absolute atomic E-state index is 0.119. The van der Waals surface area contributed by atoms with E-state index in [1.807, 2.05) is 6.92 Å². The van der Waals surface area contributed by atoms with E-state index < -0.39 is 0 Å². The highest BCUT2D eigenvalue weighted by molar-refractivity contribution is 6.30. The minimum Gasteiger partial charge on any atom is -0.324 e. The van der Waals surface area contributed by atoms with E-state index in [0.29, 0.717) is 21.6 Å². The third-order valence-corrected chi connectivity index (χ3v) is 3.64. The number of amides is 1. The number of carbonyl (C=O) groups excluding carboxylic acids is 1. The summed E-state index contributed by atoms with van der Waals surface area (Å²) in [6.45, 7) is 1.73. The molecule has 0 saturated heterocycles. The van der Waals surface area contributed by atoms with Crippen LogP contribution in [0, 0.1) is 6.92 Å². The van der Waals surface area contributed by atoms with Crippen molar-refractivity contribution in [1.29, 1.82) is 0 Å². The summed E-state index contributed by atoms with van der Waals surface area (Å²) in [7, 11) is 0. The number of benzene rings is 1. The number of nitrogens with zero attached hydrogens (tertiary/aromatic N) is 3. The SMILES string of the molecule is Cc1cc(Cl)ccc1NC(=O)Cn1cnc2cnccc2c1=O. The molecule has 6 nitrogen and oxygen atoms in total. The number of hydrogen-bond acceptors (Lipinski definition) is 4. The highest BCUT2D eigenvalue weighted by atomic mass is 35.5. The summed E-state index contributed by atoms with van der Waals surface area (Å²) in [4.78, 5) is 32.5. The highest BCUT2D eigenvalue weighted by Gasteiger charge is 2.09. The number of anilines is 1. The molecule has 0 aliphatic rings. The molecular weight excluding hydrogens is 316 g/mol. The Hall–Kier alpha value is -2.73. The Morgan fingerprint density at radius 2 is 2.17 bits per heavy atom. The summed E-state index contributed by atoms with van der Waals surface area (Å²) in [5.41, 5.74) is 1.73. The van der Waals surface area contributed by atoms with Gasteiger partial charge in [-0.25, -0.2) is 4.98 Å². The van der Waals surface area contributed by atoms with E-state index in [9.17, 15) is 9.59 Å². The van der Waals surface area contributed by atoms with Gasteiger partial charge in [0, 0.05) is 16.9 Å². The maximum absolute atomic E-state index is 12.3. The second-order valence-corrected chi connectivity index (χ2v) is 5.51. The van der Waals surface area contributed by atoms with Crippen LogP contribution in [0.15, 0.2) is 47.8 Å². The van der Waals surface area contributed by atoms with Crippen LogP contribution in [0.25, 0.3) is 10.9 Å². The molecule has 0 saturated carbocycles. The van der Waals surface area contributed by atoms with Gasteiger partial charge in [0.15, 0.2) is 0 Å². The monoisotopic (exact) mass is 328 g/mol. The van der Waals surface area contributed by atoms with E-state index in [1.165, 1.54) is 23.3 Å². The first-order valence-electron chi connectivity index (χ1n) is 6.90. The molecule has 0 unspecified atom stereocenters. The van der Waals surface area contributed by atoms with Gasteiger partial charge >= 0.3 is 0 Å². The number of rotatable bonds is 3. The first kappa shape index (κ1) is 15.2. The first-order valence-corrected chi connectivity index (χ1v) is 7.27. The molecule has 0 aliphatic carbocycles. The molecule has 3 rings (SSSR count). The molecule has 23 heavy (non-hydrogen) atoms. The van der Waals surface area contributed by atoms with Gasteiger partial charge in [0.1, 0.15) is 6.54 Å². The fraction of sp³-hybridized carbons (Fsp3) is 0.125. The zero-order chi connectivity index (χ0) is 16.4. The zero-order valence-electron chi connectivity index (χ0n) is 12.3. The maximum atomic E-state index is 12.3. The molecule has 3 aromatic rings. The molecule has 0 bridgehead atoms. The average Bonchev–Trinajstić information content (AvgIpc) is 2.53. The van der Waals surface area contributed by atoms with Crippen molar-refractivity contribution in [3.63, 3.8) is 0 Å². The van der Waals surface area contributed by atoms with E-state index in [-0.39, 0.29) is 18.0 Å². The van der Waals surface area contributed by atoms with Crippen LogP contribution in [-0.2, 0) is 11.3 Å². The van der Waals surface area contributed by atoms with Crippen LogP contribution in [0.2, 0.25) is 5.02 Å². The van der Waals surface area contributed by atoms with Crippen molar-refractivity contribution in [2.45, 2.75) is 13.5 Å². The molecule has 1 amide bonds. The smallest absolute Gasteiger partial charge is 0.261 e. The molecule has 0 radical (unpaired) electrons. The fourth-order valence-electron chi connectivity index (χ4n) is 2.23. The largest absolute Gasteiger partial charge is 0.324 e. The number of aromatic nitrogens is 3. The molecule has 2 aromatic heterocycles. The molecule has 1 aromatic carbocycles. The summed E-state index contributed by atoms with van der Waals surface area (Å²) in [5.74, 6) is -0.312. The second-order valence-electron chi connectivity index (χ2n) is 5.08. The van der Waals surface area contributed by atoms with Gasteiger partial charge in [-0.15, -0.1) is 0 Å². The van der Waals surface area contributed by atoms with Gasteiger partial charge in [-0.2, -0.15) is 0 Å². The normalized spacial score (nSPS) is 10.7. The summed E-state index contributed by atoms with van der Waals surface area (Å²) in [6.07, 6.45) is 4.38. The molecule has 0 spiro atoms. The lowest BCUT2D eigenvalue weighted by atomic mass is 10.2. The Morgan fingerprint density at radius 3 is 2.96 bits per heavy atom. The number of halogens is 1. The van der Waals surface area contributed by atoms with Crippen molar-refractivity contribution in [2.24, 2.45) is 0 Å². The summed E-state index contributed by atoms with van der Waals surface area (Å²) < 4.78 is 1.27. The van der Waals surface area contributed by atoms with E-state index >= 15 is 0 Å². The highest BCUT2D eigenvalue weighted by Crippen LogP contribution is 2.19. The van der Waals surface area contributed by atoms with Gasteiger partial charge in [0.2, 0.25) is 5.91 Å². The number of hydrogen-bond donors (Lipinski definition) is 1. The topological polar surface area (TPSA) is 76.9 Å². The summed E-state index contributed by atoms with van der Waals surface area (Å²) >= 11 is 5.89. The van der Waals surface area contributed by atoms with Gasteiger partial charge in [0.25, 0.3) is 5.56 Å². The predicted octanol–water partition coefficient (Wildman–Crippen LogP) is 2.39. The third kappa shape index (κ3) is 3.22. The van der Waals surface area contributed by atoms with Crippen LogP contribution >= 0.6 is 11.6 Å². The predicted molar refractivity (Wildman–Crippen MR) is 88.6 cm³/mol. The zero-order valence-corrected chi connectivity index (χ0v) is 13.0. The van der Waals surface area contributed by atoms with Gasteiger partial charge in [-0.3, -0.25) is 19.1 Å². The van der Waals surface area contributed by atoms with E-state index in [0.717, 1.165) is 5.56 Å². The van der Waals surface area contributed by atoms with Crippen LogP contribution in [0.1, 0.15) is 5.56 Å². The van der Waals surface area contributed by atoms with Crippen LogP contribution in [0.5, 0.6) is 0 Å². The standard InChI is InChI=1S/C16H13ClN4O2/c1-10-6-11(17)2-3-13(10)20-15(22)8-21-9-19-14-7-18-5-4-12(14)16(21)23/h2-7,9H,8H2,1H3,(H,20,22). The van der Waals surface area contributed by atoms with Crippen molar-refractivity contribution in [3.05, 3.63) is 63.9 Å². The molecule has 0 atom stereocenters. The molecule has 1 N–H and O–H groups in total. The lowest BCUT2D eigenvalue weighted by Crippen LogP contribution is -2.28. The Morgan fingerprint density at radius 1 is 1.35 bits per heavy atom. The first-order chi connectivity index (χ1) is 11.0. The minimum atomic E-state index is -0.312. The molecule has 116 valence electrons. The third-order valence-electron chi connectivity index (χ3n) is 3.40. The molecule has 0 aliphatic heterocycles. The molecular formula is C16H13ClN4O2. The van der Waals surface area contributed by atoms with Crippen molar-refractivity contribution in [2.75, 3.05) is 5.32 Å². The van der Waals surface area contributed by atoms with Crippen molar-refractivity contribution in [3.8, 4) is 0 Å². The molecule has 0 fully saturated rings. The summed E-state index contributed by atoms with van der Waals surface area (Å²) in [5, 5.41) is 3.79. The van der Waals surface area contributed by atoms with Crippen LogP contribution < -0.4 is 10.9 Å². The lowest BCUT2D eigenvalue weighted by Gasteiger charge is -2.10. The van der Waals surface area contributed by atoms with E-state index in [2.05, 4.69) is 15.3 Å².